The number of phenols is 1. The molecule has 2 aromatic heterocycles. The maximum atomic E-state index is 11.7. The molecule has 1 aromatic carbocycles. The molecule has 0 saturated heterocycles. The van der Waals surface area contributed by atoms with Gasteiger partial charge in [0.25, 0.3) is 5.56 Å². The summed E-state index contributed by atoms with van der Waals surface area (Å²) in [5.41, 5.74) is 1.39. The summed E-state index contributed by atoms with van der Waals surface area (Å²) in [7, 11) is 1.50. The Kier molecular flexibility index (Phi) is 2.72. The number of rotatable bonds is 2. The van der Waals surface area contributed by atoms with Gasteiger partial charge in [0.15, 0.2) is 11.5 Å². The molecule has 2 N–H and O–H groups in total. The lowest BCUT2D eigenvalue weighted by Crippen LogP contribution is -2.02. The molecule has 5 nitrogen and oxygen atoms in total. The lowest BCUT2D eigenvalue weighted by atomic mass is 10.1. The molecule has 0 aliphatic carbocycles. The van der Waals surface area contributed by atoms with Crippen LogP contribution >= 0.6 is 11.3 Å². The quantitative estimate of drug-likeness (QED) is 0.752. The van der Waals surface area contributed by atoms with E-state index in [0.29, 0.717) is 16.0 Å². The van der Waals surface area contributed by atoms with Crippen molar-refractivity contribution >= 4 is 21.6 Å². The number of H-pyrrole nitrogens is 1. The summed E-state index contributed by atoms with van der Waals surface area (Å²) in [4.78, 5) is 19.2. The van der Waals surface area contributed by atoms with Crippen LogP contribution in [0.4, 0.5) is 0 Å². The van der Waals surface area contributed by atoms with Crippen LogP contribution in [0.1, 0.15) is 0 Å². The van der Waals surface area contributed by atoms with Gasteiger partial charge in [-0.05, 0) is 29.8 Å². The number of fused-ring (bicyclic) bond motifs is 1. The van der Waals surface area contributed by atoms with Crippen LogP contribution in [0.25, 0.3) is 20.7 Å². The molecular formula is C13H10N2O3S. The smallest absolute Gasteiger partial charge is 0.268 e. The number of hydrogen-bond acceptors (Lipinski definition) is 5. The van der Waals surface area contributed by atoms with E-state index in [1.165, 1.54) is 24.8 Å². The Hall–Kier alpha value is -2.34. The molecule has 6 heteroatoms. The van der Waals surface area contributed by atoms with Gasteiger partial charge in [0, 0.05) is 4.88 Å². The first kappa shape index (κ1) is 11.7. The molecule has 0 atom stereocenters. The van der Waals surface area contributed by atoms with Crippen LogP contribution in [0.2, 0.25) is 0 Å². The van der Waals surface area contributed by atoms with Crippen LogP contribution in [-0.2, 0) is 0 Å². The molecule has 19 heavy (non-hydrogen) atoms. The fourth-order valence-electron chi connectivity index (χ4n) is 1.84. The molecule has 0 radical (unpaired) electrons. The Morgan fingerprint density at radius 3 is 2.95 bits per heavy atom. The van der Waals surface area contributed by atoms with Crippen LogP contribution in [0.15, 0.2) is 35.4 Å². The Labute approximate surface area is 112 Å². The van der Waals surface area contributed by atoms with Gasteiger partial charge >= 0.3 is 0 Å². The minimum Gasteiger partial charge on any atom is -0.504 e. The number of hydrogen-bond donors (Lipinski definition) is 2. The van der Waals surface area contributed by atoms with Gasteiger partial charge in [-0.3, -0.25) is 4.79 Å². The Balaban J connectivity index is 2.19. The number of ether oxygens (including phenoxy) is 1. The van der Waals surface area contributed by atoms with E-state index in [0.717, 1.165) is 10.4 Å². The second-order valence-corrected chi connectivity index (χ2v) is 5.00. The van der Waals surface area contributed by atoms with E-state index < -0.39 is 0 Å². The zero-order valence-electron chi connectivity index (χ0n) is 10.0. The highest BCUT2D eigenvalue weighted by Gasteiger charge is 2.10. The topological polar surface area (TPSA) is 75.2 Å². The van der Waals surface area contributed by atoms with Gasteiger partial charge in [-0.25, -0.2) is 4.98 Å². The highest BCUT2D eigenvalue weighted by Crippen LogP contribution is 2.35. The van der Waals surface area contributed by atoms with E-state index in [-0.39, 0.29) is 11.3 Å². The Morgan fingerprint density at radius 2 is 2.21 bits per heavy atom. The summed E-state index contributed by atoms with van der Waals surface area (Å²) in [6.07, 6.45) is 1.39. The van der Waals surface area contributed by atoms with Crippen molar-refractivity contribution in [1.29, 1.82) is 0 Å². The van der Waals surface area contributed by atoms with Crippen molar-refractivity contribution in [2.45, 2.75) is 0 Å². The van der Waals surface area contributed by atoms with Gasteiger partial charge < -0.3 is 14.8 Å². The van der Waals surface area contributed by atoms with Gasteiger partial charge in [0.05, 0.1) is 19.0 Å². The lowest BCUT2D eigenvalue weighted by Gasteiger charge is -2.04. The van der Waals surface area contributed by atoms with Crippen molar-refractivity contribution in [1.82, 2.24) is 9.97 Å². The largest absolute Gasteiger partial charge is 0.504 e. The summed E-state index contributed by atoms with van der Waals surface area (Å²) in [5, 5.41) is 9.58. The predicted octanol–water partition coefficient (Wildman–Crippen LogP) is 2.37. The minimum atomic E-state index is -0.146. The maximum Gasteiger partial charge on any atom is 0.268 e. The average Bonchev–Trinajstić information content (AvgIpc) is 2.85. The third-order valence-electron chi connectivity index (χ3n) is 2.78. The van der Waals surface area contributed by atoms with E-state index in [1.54, 1.807) is 18.2 Å². The summed E-state index contributed by atoms with van der Waals surface area (Å²) in [6.45, 7) is 0. The van der Waals surface area contributed by atoms with Crippen LogP contribution in [0, 0.1) is 0 Å². The van der Waals surface area contributed by atoms with E-state index in [9.17, 15) is 9.90 Å². The summed E-state index contributed by atoms with van der Waals surface area (Å²) >= 11 is 1.36. The lowest BCUT2D eigenvalue weighted by molar-refractivity contribution is 0.373. The number of phenolic OH excluding ortho intramolecular Hbond substituents is 1. The average molecular weight is 274 g/mol. The molecule has 0 aliphatic rings. The zero-order valence-corrected chi connectivity index (χ0v) is 10.8. The van der Waals surface area contributed by atoms with Crippen LogP contribution < -0.4 is 10.3 Å². The standard InChI is InChI=1S/C13H10N2O3S/c1-18-10-4-7(2-3-9(10)16)11-5-8-12(19-11)13(17)15-6-14-8/h2-6,16H,1H3,(H,14,15,17). The molecule has 0 aliphatic heterocycles. The fraction of sp³-hybridized carbons (Fsp3) is 0.0769. The first-order valence-electron chi connectivity index (χ1n) is 5.53. The number of aromatic hydroxyl groups is 1. The number of methoxy groups -OCH3 is 1. The maximum absolute atomic E-state index is 11.7. The van der Waals surface area contributed by atoms with Crippen molar-refractivity contribution in [3.63, 3.8) is 0 Å². The van der Waals surface area contributed by atoms with E-state index in [4.69, 9.17) is 4.74 Å². The van der Waals surface area contributed by atoms with Crippen molar-refractivity contribution in [3.8, 4) is 21.9 Å². The monoisotopic (exact) mass is 274 g/mol. The third-order valence-corrected chi connectivity index (χ3v) is 3.95. The number of nitrogens with one attached hydrogen (secondary N) is 1. The number of aromatic nitrogens is 2. The van der Waals surface area contributed by atoms with Crippen LogP contribution in [0.3, 0.4) is 0 Å². The number of benzene rings is 1. The predicted molar refractivity (Wildman–Crippen MR) is 73.9 cm³/mol. The molecule has 2 heterocycles. The molecule has 0 bridgehead atoms. The van der Waals surface area contributed by atoms with Gasteiger partial charge in [-0.1, -0.05) is 0 Å². The first-order chi connectivity index (χ1) is 9.19. The molecular weight excluding hydrogens is 264 g/mol. The number of aromatic amines is 1. The Bertz CT molecular complexity index is 807. The summed E-state index contributed by atoms with van der Waals surface area (Å²) in [6, 6.07) is 6.92. The highest BCUT2D eigenvalue weighted by atomic mass is 32.1. The third kappa shape index (κ3) is 1.96. The molecule has 0 unspecified atom stereocenters. The van der Waals surface area contributed by atoms with Gasteiger partial charge in [-0.15, -0.1) is 11.3 Å². The first-order valence-corrected chi connectivity index (χ1v) is 6.35. The van der Waals surface area contributed by atoms with E-state index >= 15 is 0 Å². The summed E-state index contributed by atoms with van der Waals surface area (Å²) in [5.74, 6) is 0.486. The van der Waals surface area contributed by atoms with Gasteiger partial charge in [0.1, 0.15) is 4.70 Å². The van der Waals surface area contributed by atoms with Crippen molar-refractivity contribution in [3.05, 3.63) is 40.9 Å². The SMILES string of the molecule is COc1cc(-c2cc3nc[nH]c(=O)c3s2)ccc1O. The second-order valence-electron chi connectivity index (χ2n) is 3.94. The fourth-order valence-corrected chi connectivity index (χ4v) is 2.84. The van der Waals surface area contributed by atoms with Crippen LogP contribution in [-0.4, -0.2) is 22.2 Å². The molecule has 0 amide bonds. The van der Waals surface area contributed by atoms with Crippen LogP contribution in [0.5, 0.6) is 11.5 Å². The van der Waals surface area contributed by atoms with Crippen molar-refractivity contribution in [2.75, 3.05) is 7.11 Å². The van der Waals surface area contributed by atoms with Gasteiger partial charge in [-0.2, -0.15) is 0 Å². The molecule has 0 spiro atoms. The van der Waals surface area contributed by atoms with E-state index in [2.05, 4.69) is 9.97 Å². The molecule has 0 fully saturated rings. The van der Waals surface area contributed by atoms with Gasteiger partial charge in [0.2, 0.25) is 0 Å². The normalized spacial score (nSPS) is 10.8. The van der Waals surface area contributed by atoms with Crippen molar-refractivity contribution < 1.29 is 9.84 Å². The molecule has 96 valence electrons. The van der Waals surface area contributed by atoms with E-state index in [1.807, 2.05) is 6.07 Å². The Morgan fingerprint density at radius 1 is 1.37 bits per heavy atom. The second kappa shape index (κ2) is 4.40. The van der Waals surface area contributed by atoms with Crippen molar-refractivity contribution in [2.24, 2.45) is 0 Å². The summed E-state index contributed by atoms with van der Waals surface area (Å²) < 4.78 is 5.66. The molecule has 0 saturated carbocycles. The number of nitrogens with zero attached hydrogens (tertiary/aromatic N) is 1. The highest BCUT2D eigenvalue weighted by molar-refractivity contribution is 7.22. The molecule has 3 rings (SSSR count). The minimum absolute atomic E-state index is 0.0864. The number of thiophene rings is 1. The molecule has 3 aromatic rings. The zero-order chi connectivity index (χ0) is 13.4.